The first kappa shape index (κ1) is 20.1. The first-order valence-corrected chi connectivity index (χ1v) is 9.97. The highest BCUT2D eigenvalue weighted by Gasteiger charge is 2.25. The first-order chi connectivity index (χ1) is 14.5. The summed E-state index contributed by atoms with van der Waals surface area (Å²) in [6.07, 6.45) is 2.57. The number of nitrogens with zero attached hydrogens (tertiary/aromatic N) is 3. The summed E-state index contributed by atoms with van der Waals surface area (Å²) < 4.78 is 11.3. The van der Waals surface area contributed by atoms with Crippen LogP contribution in [-0.2, 0) is 4.74 Å². The summed E-state index contributed by atoms with van der Waals surface area (Å²) in [5.74, 6) is 0.842. The van der Waals surface area contributed by atoms with Gasteiger partial charge in [-0.3, -0.25) is 4.79 Å². The standard InChI is InChI=1S/C19H20BrN7O3/c1-29-13-7-11(22)10(8-21)6-12(13)25-17-14-15(20)16(26-18(14)24-9-23-17)19(28)27-2-4-30-5-3-27/h6-9,21H,2-5,22H2,1H3,(H2,23,24,25,26). The summed E-state index contributed by atoms with van der Waals surface area (Å²) in [6, 6.07) is 3.34. The van der Waals surface area contributed by atoms with Gasteiger partial charge in [0.25, 0.3) is 5.91 Å². The van der Waals surface area contributed by atoms with Crippen LogP contribution in [0.2, 0.25) is 0 Å². The molecule has 0 unspecified atom stereocenters. The number of benzene rings is 1. The smallest absolute Gasteiger partial charge is 0.271 e. The van der Waals surface area contributed by atoms with Gasteiger partial charge in [-0.15, -0.1) is 0 Å². The molecule has 11 heteroatoms. The zero-order valence-corrected chi connectivity index (χ0v) is 17.7. The summed E-state index contributed by atoms with van der Waals surface area (Å²) in [7, 11) is 1.53. The number of methoxy groups -OCH3 is 1. The number of nitrogen functional groups attached to an aromatic ring is 1. The van der Waals surface area contributed by atoms with Crippen LogP contribution in [0.3, 0.4) is 0 Å². The number of hydrogen-bond acceptors (Lipinski definition) is 8. The molecule has 1 aliphatic rings. The molecule has 30 heavy (non-hydrogen) atoms. The van der Waals surface area contributed by atoms with Gasteiger partial charge in [0.1, 0.15) is 29.2 Å². The fraction of sp³-hybridized carbons (Fsp3) is 0.263. The number of halogens is 1. The molecule has 3 heterocycles. The summed E-state index contributed by atoms with van der Waals surface area (Å²) in [5, 5.41) is 11.4. The summed E-state index contributed by atoms with van der Waals surface area (Å²) >= 11 is 3.54. The van der Waals surface area contributed by atoms with Crippen molar-refractivity contribution in [1.29, 1.82) is 5.41 Å². The highest BCUT2D eigenvalue weighted by molar-refractivity contribution is 9.10. The van der Waals surface area contributed by atoms with Crippen LogP contribution in [0.4, 0.5) is 17.2 Å². The molecule has 0 atom stereocenters. The number of H-pyrrole nitrogens is 1. The van der Waals surface area contributed by atoms with Gasteiger partial charge in [0.05, 0.1) is 35.9 Å². The van der Waals surface area contributed by atoms with Crippen LogP contribution >= 0.6 is 15.9 Å². The molecule has 2 aromatic heterocycles. The van der Waals surface area contributed by atoms with Crippen LogP contribution in [0, 0.1) is 5.41 Å². The second kappa shape index (κ2) is 8.28. The van der Waals surface area contributed by atoms with E-state index in [4.69, 9.17) is 20.6 Å². The molecule has 0 spiro atoms. The van der Waals surface area contributed by atoms with Crippen LogP contribution in [0.1, 0.15) is 16.1 Å². The van der Waals surface area contributed by atoms with Crippen LogP contribution in [0.5, 0.6) is 5.75 Å². The van der Waals surface area contributed by atoms with Gasteiger partial charge in [-0.05, 0) is 22.0 Å². The van der Waals surface area contributed by atoms with Crippen molar-refractivity contribution >= 4 is 56.3 Å². The average Bonchev–Trinajstić information content (AvgIpc) is 3.12. The molecule has 0 bridgehead atoms. The van der Waals surface area contributed by atoms with Crippen molar-refractivity contribution in [2.75, 3.05) is 44.5 Å². The molecule has 0 saturated carbocycles. The molecule has 4 rings (SSSR count). The zero-order chi connectivity index (χ0) is 21.3. The number of carbonyl (C=O) groups excluding carboxylic acids is 1. The first-order valence-electron chi connectivity index (χ1n) is 9.17. The van der Waals surface area contributed by atoms with Gasteiger partial charge in [0.15, 0.2) is 0 Å². The maximum Gasteiger partial charge on any atom is 0.271 e. The van der Waals surface area contributed by atoms with E-state index >= 15 is 0 Å². The number of rotatable bonds is 5. The number of anilines is 3. The van der Waals surface area contributed by atoms with E-state index in [1.54, 1.807) is 17.0 Å². The summed E-state index contributed by atoms with van der Waals surface area (Å²) in [4.78, 5) is 26.4. The van der Waals surface area contributed by atoms with Crippen molar-refractivity contribution in [3.63, 3.8) is 0 Å². The molecular formula is C19H20BrN7O3. The SMILES string of the molecule is COc1cc(N)c(C=N)cc1Nc1ncnc2[nH]c(C(=O)N3CCOCC3)c(Br)c12. The Bertz CT molecular complexity index is 1130. The fourth-order valence-electron chi connectivity index (χ4n) is 3.28. The Hall–Kier alpha value is -3.18. The Labute approximate surface area is 180 Å². The molecule has 3 aromatic rings. The largest absolute Gasteiger partial charge is 0.494 e. The van der Waals surface area contributed by atoms with E-state index in [1.807, 2.05) is 0 Å². The Morgan fingerprint density at radius 2 is 2.17 bits per heavy atom. The third kappa shape index (κ3) is 3.57. The van der Waals surface area contributed by atoms with E-state index in [9.17, 15) is 4.79 Å². The van der Waals surface area contributed by atoms with E-state index in [1.165, 1.54) is 19.7 Å². The molecule has 1 amide bonds. The topological polar surface area (TPSA) is 142 Å². The molecule has 0 radical (unpaired) electrons. The van der Waals surface area contributed by atoms with Gasteiger partial charge in [-0.25, -0.2) is 9.97 Å². The number of morpholine rings is 1. The van der Waals surface area contributed by atoms with Gasteiger partial charge >= 0.3 is 0 Å². The van der Waals surface area contributed by atoms with E-state index in [2.05, 4.69) is 36.2 Å². The van der Waals surface area contributed by atoms with Crippen LogP contribution in [0.25, 0.3) is 11.0 Å². The van der Waals surface area contributed by atoms with Crippen LogP contribution < -0.4 is 15.8 Å². The highest BCUT2D eigenvalue weighted by Crippen LogP contribution is 2.36. The van der Waals surface area contributed by atoms with E-state index in [0.717, 1.165) is 0 Å². The summed E-state index contributed by atoms with van der Waals surface area (Å²) in [6.45, 7) is 2.10. The number of aromatic amines is 1. The lowest BCUT2D eigenvalue weighted by Gasteiger charge is -2.26. The molecular weight excluding hydrogens is 454 g/mol. The van der Waals surface area contributed by atoms with Gasteiger partial charge < -0.3 is 35.8 Å². The van der Waals surface area contributed by atoms with Crippen molar-refractivity contribution < 1.29 is 14.3 Å². The fourth-order valence-corrected chi connectivity index (χ4v) is 3.93. The van der Waals surface area contributed by atoms with Crippen molar-refractivity contribution in [3.8, 4) is 5.75 Å². The Balaban J connectivity index is 1.75. The minimum Gasteiger partial charge on any atom is -0.494 e. The minimum absolute atomic E-state index is 0.134. The number of nitrogens with one attached hydrogen (secondary N) is 3. The number of aromatic nitrogens is 3. The molecule has 0 aliphatic carbocycles. The quantitative estimate of drug-likeness (QED) is 0.329. The summed E-state index contributed by atoms with van der Waals surface area (Å²) in [5.41, 5.74) is 8.41. The zero-order valence-electron chi connectivity index (χ0n) is 16.2. The van der Waals surface area contributed by atoms with Crippen LogP contribution in [0.15, 0.2) is 22.9 Å². The van der Waals surface area contributed by atoms with Gasteiger partial charge in [0, 0.05) is 36.6 Å². The lowest BCUT2D eigenvalue weighted by Crippen LogP contribution is -2.40. The van der Waals surface area contributed by atoms with E-state index < -0.39 is 0 Å². The second-order valence-electron chi connectivity index (χ2n) is 6.62. The molecule has 156 valence electrons. The van der Waals surface area contributed by atoms with Crippen molar-refractivity contribution in [1.82, 2.24) is 19.9 Å². The van der Waals surface area contributed by atoms with Gasteiger partial charge in [0.2, 0.25) is 0 Å². The molecule has 10 nitrogen and oxygen atoms in total. The Kier molecular flexibility index (Phi) is 5.55. The normalized spacial score (nSPS) is 14.0. The Morgan fingerprint density at radius 1 is 1.40 bits per heavy atom. The molecule has 1 aliphatic heterocycles. The van der Waals surface area contributed by atoms with E-state index in [0.29, 0.717) is 76.0 Å². The molecule has 1 fully saturated rings. The number of carbonyl (C=O) groups is 1. The van der Waals surface area contributed by atoms with Gasteiger partial charge in [-0.1, -0.05) is 0 Å². The van der Waals surface area contributed by atoms with Gasteiger partial charge in [-0.2, -0.15) is 0 Å². The minimum atomic E-state index is -0.134. The van der Waals surface area contributed by atoms with E-state index in [-0.39, 0.29) is 5.91 Å². The molecule has 5 N–H and O–H groups in total. The van der Waals surface area contributed by atoms with Crippen LogP contribution in [-0.4, -0.2) is 65.4 Å². The molecule has 1 saturated heterocycles. The number of amides is 1. The molecule has 1 aromatic carbocycles. The number of hydrogen-bond donors (Lipinski definition) is 4. The number of nitrogens with two attached hydrogens (primary N) is 1. The maximum absolute atomic E-state index is 13.0. The average molecular weight is 474 g/mol. The predicted molar refractivity (Wildman–Crippen MR) is 117 cm³/mol. The second-order valence-corrected chi connectivity index (χ2v) is 7.41. The monoisotopic (exact) mass is 473 g/mol. The van der Waals surface area contributed by atoms with Crippen molar-refractivity contribution in [3.05, 3.63) is 34.2 Å². The number of ether oxygens (including phenoxy) is 2. The number of fused-ring (bicyclic) bond motifs is 1. The lowest BCUT2D eigenvalue weighted by molar-refractivity contribution is 0.0299. The third-order valence-corrected chi connectivity index (χ3v) is 5.65. The lowest BCUT2D eigenvalue weighted by atomic mass is 10.1. The predicted octanol–water partition coefficient (Wildman–Crippen LogP) is 2.52. The Morgan fingerprint density at radius 3 is 2.87 bits per heavy atom. The van der Waals surface area contributed by atoms with Crippen molar-refractivity contribution in [2.45, 2.75) is 0 Å². The van der Waals surface area contributed by atoms with Crippen molar-refractivity contribution in [2.24, 2.45) is 0 Å². The highest BCUT2D eigenvalue weighted by atomic mass is 79.9. The maximum atomic E-state index is 13.0. The third-order valence-electron chi connectivity index (χ3n) is 4.86.